The van der Waals surface area contributed by atoms with Gasteiger partial charge in [0.1, 0.15) is 17.4 Å². The minimum absolute atomic E-state index is 0.00768. The number of halogens is 2. The first-order chi connectivity index (χ1) is 9.63. The van der Waals surface area contributed by atoms with Crippen LogP contribution in [0.25, 0.3) is 0 Å². The molecule has 2 aromatic carbocycles. The number of benzene rings is 2. The zero-order chi connectivity index (χ0) is 14.1. The first-order valence-corrected chi connectivity index (χ1v) is 6.20. The fraction of sp³-hybridized carbons (Fsp3) is 0.133. The predicted molar refractivity (Wildman–Crippen MR) is 71.5 cm³/mol. The van der Waals surface area contributed by atoms with E-state index >= 15 is 0 Å². The Morgan fingerprint density at radius 2 is 1.75 bits per heavy atom. The second kappa shape index (κ2) is 4.92. The van der Waals surface area contributed by atoms with Crippen molar-refractivity contribution in [2.45, 2.75) is 12.5 Å². The maximum absolute atomic E-state index is 13.2. The summed E-state index contributed by atoms with van der Waals surface area (Å²) in [6, 6.07) is 9.77. The van der Waals surface area contributed by atoms with Crippen LogP contribution in [0, 0.1) is 11.6 Å². The van der Waals surface area contributed by atoms with Gasteiger partial charge in [-0.1, -0.05) is 12.1 Å². The zero-order valence-corrected chi connectivity index (χ0v) is 10.5. The van der Waals surface area contributed by atoms with Gasteiger partial charge in [0, 0.05) is 12.0 Å². The SMILES string of the molecule is Oc1ccc(F)cc1C1=NN[C@@H](c2ccc(F)cc2)C1. The standard InChI is InChI=1S/C15H12F2N2O/c16-10-3-1-9(2-4-10)13-8-14(19-18-13)12-7-11(17)5-6-15(12)20/h1-7,13,18,20H,8H2/t13-/m1/s1. The molecular weight excluding hydrogens is 262 g/mol. The van der Waals surface area contributed by atoms with Crippen molar-refractivity contribution >= 4 is 5.71 Å². The van der Waals surface area contributed by atoms with E-state index in [2.05, 4.69) is 10.5 Å². The number of rotatable bonds is 2. The van der Waals surface area contributed by atoms with Crippen molar-refractivity contribution in [2.75, 3.05) is 0 Å². The number of nitrogens with one attached hydrogen (secondary N) is 1. The van der Waals surface area contributed by atoms with Gasteiger partial charge in [-0.2, -0.15) is 5.10 Å². The summed E-state index contributed by atoms with van der Waals surface area (Å²) in [5, 5.41) is 13.9. The molecule has 5 heteroatoms. The van der Waals surface area contributed by atoms with Crippen LogP contribution >= 0.6 is 0 Å². The summed E-state index contributed by atoms with van der Waals surface area (Å²) in [5.74, 6) is -0.729. The molecule has 0 aliphatic carbocycles. The highest BCUT2D eigenvalue weighted by Gasteiger charge is 2.23. The molecule has 0 spiro atoms. The second-order valence-electron chi connectivity index (χ2n) is 4.66. The number of hydrogen-bond donors (Lipinski definition) is 2. The molecule has 1 aliphatic heterocycles. The van der Waals surface area contributed by atoms with E-state index in [1.54, 1.807) is 12.1 Å². The van der Waals surface area contributed by atoms with Gasteiger partial charge in [-0.15, -0.1) is 0 Å². The van der Waals surface area contributed by atoms with Crippen molar-refractivity contribution in [1.82, 2.24) is 5.43 Å². The lowest BCUT2D eigenvalue weighted by Crippen LogP contribution is -2.09. The van der Waals surface area contributed by atoms with E-state index < -0.39 is 5.82 Å². The van der Waals surface area contributed by atoms with E-state index in [1.807, 2.05) is 0 Å². The summed E-state index contributed by atoms with van der Waals surface area (Å²) in [7, 11) is 0. The third kappa shape index (κ3) is 2.34. The minimum atomic E-state index is -0.425. The van der Waals surface area contributed by atoms with Crippen LogP contribution in [0.2, 0.25) is 0 Å². The monoisotopic (exact) mass is 274 g/mol. The fourth-order valence-corrected chi connectivity index (χ4v) is 2.24. The van der Waals surface area contributed by atoms with Crippen LogP contribution in [-0.2, 0) is 0 Å². The predicted octanol–water partition coefficient (Wildman–Crippen LogP) is 3.11. The average Bonchev–Trinajstić information content (AvgIpc) is 2.92. The number of phenolic OH excluding ortho intramolecular Hbond substituents is 1. The van der Waals surface area contributed by atoms with Crippen LogP contribution in [0.4, 0.5) is 8.78 Å². The summed E-state index contributed by atoms with van der Waals surface area (Å²) in [6.45, 7) is 0. The molecule has 0 unspecified atom stereocenters. The van der Waals surface area contributed by atoms with Crippen LogP contribution < -0.4 is 5.43 Å². The molecule has 3 nitrogen and oxygen atoms in total. The van der Waals surface area contributed by atoms with Gasteiger partial charge in [0.2, 0.25) is 0 Å². The van der Waals surface area contributed by atoms with Crippen LogP contribution in [0.1, 0.15) is 23.6 Å². The number of phenols is 1. The molecule has 1 heterocycles. The van der Waals surface area contributed by atoms with Gasteiger partial charge >= 0.3 is 0 Å². The Balaban J connectivity index is 1.82. The van der Waals surface area contributed by atoms with Crippen molar-refractivity contribution in [3.8, 4) is 5.75 Å². The summed E-state index contributed by atoms with van der Waals surface area (Å²) in [6.07, 6.45) is 0.503. The molecule has 1 aliphatic rings. The highest BCUT2D eigenvalue weighted by Crippen LogP contribution is 2.28. The minimum Gasteiger partial charge on any atom is -0.507 e. The summed E-state index contributed by atoms with van der Waals surface area (Å²) in [4.78, 5) is 0. The average molecular weight is 274 g/mol. The van der Waals surface area contributed by atoms with Crippen LogP contribution in [0.3, 0.4) is 0 Å². The van der Waals surface area contributed by atoms with E-state index in [9.17, 15) is 13.9 Å². The second-order valence-corrected chi connectivity index (χ2v) is 4.66. The van der Waals surface area contributed by atoms with Crippen molar-refractivity contribution in [2.24, 2.45) is 5.10 Å². The topological polar surface area (TPSA) is 44.6 Å². The molecule has 0 saturated carbocycles. The fourth-order valence-electron chi connectivity index (χ4n) is 2.24. The summed E-state index contributed by atoms with van der Waals surface area (Å²) in [5.41, 5.74) is 4.77. The molecule has 0 fully saturated rings. The van der Waals surface area contributed by atoms with Crippen LogP contribution in [0.15, 0.2) is 47.6 Å². The number of hydrogen-bond acceptors (Lipinski definition) is 3. The quantitative estimate of drug-likeness (QED) is 0.883. The lowest BCUT2D eigenvalue weighted by atomic mass is 9.98. The van der Waals surface area contributed by atoms with Crippen molar-refractivity contribution in [3.05, 3.63) is 65.2 Å². The highest BCUT2D eigenvalue weighted by atomic mass is 19.1. The smallest absolute Gasteiger partial charge is 0.124 e. The van der Waals surface area contributed by atoms with Gasteiger partial charge in [0.25, 0.3) is 0 Å². The Hall–Kier alpha value is -2.43. The van der Waals surface area contributed by atoms with Crippen molar-refractivity contribution in [1.29, 1.82) is 0 Å². The molecule has 0 saturated heterocycles. The zero-order valence-electron chi connectivity index (χ0n) is 10.5. The molecule has 0 aromatic heterocycles. The molecule has 0 radical (unpaired) electrons. The highest BCUT2D eigenvalue weighted by molar-refractivity contribution is 6.03. The summed E-state index contributed by atoms with van der Waals surface area (Å²) < 4.78 is 26.1. The van der Waals surface area contributed by atoms with Crippen molar-refractivity contribution < 1.29 is 13.9 Å². The van der Waals surface area contributed by atoms with Gasteiger partial charge in [-0.25, -0.2) is 8.78 Å². The molecule has 0 bridgehead atoms. The van der Waals surface area contributed by atoms with Crippen molar-refractivity contribution in [3.63, 3.8) is 0 Å². The maximum Gasteiger partial charge on any atom is 0.124 e. The molecule has 1 atom stereocenters. The number of aromatic hydroxyl groups is 1. The maximum atomic E-state index is 13.2. The van der Waals surface area contributed by atoms with E-state index in [-0.39, 0.29) is 17.6 Å². The third-order valence-electron chi connectivity index (χ3n) is 3.29. The lowest BCUT2D eigenvalue weighted by molar-refractivity contribution is 0.471. The lowest BCUT2D eigenvalue weighted by Gasteiger charge is -2.10. The normalized spacial score (nSPS) is 17.7. The Morgan fingerprint density at radius 1 is 1.05 bits per heavy atom. The van der Waals surface area contributed by atoms with E-state index in [0.717, 1.165) is 5.56 Å². The molecule has 20 heavy (non-hydrogen) atoms. The van der Waals surface area contributed by atoms with Crippen LogP contribution in [0.5, 0.6) is 5.75 Å². The molecule has 3 rings (SSSR count). The van der Waals surface area contributed by atoms with Gasteiger partial charge in [0.05, 0.1) is 11.8 Å². The largest absolute Gasteiger partial charge is 0.507 e. The Bertz CT molecular complexity index is 668. The molecule has 2 aromatic rings. The Morgan fingerprint density at radius 3 is 2.50 bits per heavy atom. The van der Waals surface area contributed by atoms with E-state index in [1.165, 1.54) is 30.3 Å². The first-order valence-electron chi connectivity index (χ1n) is 6.20. The molecule has 102 valence electrons. The van der Waals surface area contributed by atoms with Crippen LogP contribution in [-0.4, -0.2) is 10.8 Å². The Kier molecular flexibility index (Phi) is 3.10. The number of nitrogens with zero attached hydrogens (tertiary/aromatic N) is 1. The molecule has 0 amide bonds. The first kappa shape index (κ1) is 12.6. The molecular formula is C15H12F2N2O. The van der Waals surface area contributed by atoms with Gasteiger partial charge in [0.15, 0.2) is 0 Å². The Labute approximate surface area is 114 Å². The van der Waals surface area contributed by atoms with Gasteiger partial charge < -0.3 is 10.5 Å². The number of hydrazone groups is 1. The van der Waals surface area contributed by atoms with Gasteiger partial charge in [-0.3, -0.25) is 0 Å². The van der Waals surface area contributed by atoms with E-state index in [4.69, 9.17) is 0 Å². The third-order valence-corrected chi connectivity index (χ3v) is 3.29. The van der Waals surface area contributed by atoms with Gasteiger partial charge in [-0.05, 0) is 35.9 Å². The molecule has 2 N–H and O–H groups in total. The summed E-state index contributed by atoms with van der Waals surface area (Å²) >= 11 is 0. The van der Waals surface area contributed by atoms with E-state index in [0.29, 0.717) is 17.7 Å².